The van der Waals surface area contributed by atoms with E-state index in [1.807, 2.05) is 0 Å². The lowest BCUT2D eigenvalue weighted by Crippen LogP contribution is -2.50. The van der Waals surface area contributed by atoms with Gasteiger partial charge in [0.2, 0.25) is 5.91 Å². The number of piperidine rings is 1. The first-order valence-electron chi connectivity index (χ1n) is 8.47. The maximum Gasteiger partial charge on any atom is 0.224 e. The quantitative estimate of drug-likeness (QED) is 0.763. The molecule has 122 valence electrons. The highest BCUT2D eigenvalue weighted by Crippen LogP contribution is 2.14. The molecule has 2 fully saturated rings. The molecular formula is C16H31N3O2. The van der Waals surface area contributed by atoms with Crippen LogP contribution in [0.25, 0.3) is 0 Å². The number of carbonyl (C=O) groups is 1. The number of ether oxygens (including phenoxy) is 1. The van der Waals surface area contributed by atoms with Gasteiger partial charge in [0.1, 0.15) is 0 Å². The molecule has 21 heavy (non-hydrogen) atoms. The first-order valence-corrected chi connectivity index (χ1v) is 8.47. The molecule has 2 saturated heterocycles. The normalized spacial score (nSPS) is 25.8. The highest BCUT2D eigenvalue weighted by molar-refractivity contribution is 5.79. The van der Waals surface area contributed by atoms with Gasteiger partial charge in [-0.25, -0.2) is 0 Å². The average molecular weight is 297 g/mol. The van der Waals surface area contributed by atoms with Crippen LogP contribution in [0.4, 0.5) is 0 Å². The van der Waals surface area contributed by atoms with Gasteiger partial charge < -0.3 is 15.4 Å². The summed E-state index contributed by atoms with van der Waals surface area (Å²) in [6, 6.07) is 0.439. The zero-order valence-electron chi connectivity index (χ0n) is 13.6. The third-order valence-electron chi connectivity index (χ3n) is 4.49. The van der Waals surface area contributed by atoms with Gasteiger partial charge in [-0.05, 0) is 31.7 Å². The summed E-state index contributed by atoms with van der Waals surface area (Å²) in [6.07, 6.45) is 3.26. The smallest absolute Gasteiger partial charge is 0.224 e. The van der Waals surface area contributed by atoms with Crippen LogP contribution in [-0.4, -0.2) is 62.8 Å². The number of hydrogen-bond acceptors (Lipinski definition) is 4. The molecule has 2 rings (SSSR count). The Kier molecular flexibility index (Phi) is 6.93. The summed E-state index contributed by atoms with van der Waals surface area (Å²) >= 11 is 0. The lowest BCUT2D eigenvalue weighted by atomic mass is 9.98. The molecule has 0 aromatic heterocycles. The zero-order chi connectivity index (χ0) is 15.1. The first kappa shape index (κ1) is 16.7. The summed E-state index contributed by atoms with van der Waals surface area (Å²) in [6.45, 7) is 10.8. The van der Waals surface area contributed by atoms with Crippen molar-refractivity contribution in [1.82, 2.24) is 15.5 Å². The highest BCUT2D eigenvalue weighted by Gasteiger charge is 2.25. The Labute approximate surface area is 128 Å². The van der Waals surface area contributed by atoms with E-state index in [0.717, 1.165) is 65.2 Å². The Bertz CT molecular complexity index is 311. The number of hydrogen-bond donors (Lipinski definition) is 2. The Hall–Kier alpha value is -0.650. The molecule has 0 aromatic carbocycles. The third kappa shape index (κ3) is 5.57. The van der Waals surface area contributed by atoms with Gasteiger partial charge in [-0.15, -0.1) is 0 Å². The van der Waals surface area contributed by atoms with Gasteiger partial charge in [-0.3, -0.25) is 9.69 Å². The maximum atomic E-state index is 12.3. The predicted octanol–water partition coefficient (Wildman–Crippen LogP) is 0.849. The molecule has 5 nitrogen and oxygen atoms in total. The number of carbonyl (C=O) groups excluding carboxylic acids is 1. The van der Waals surface area contributed by atoms with Crippen molar-refractivity contribution in [2.45, 2.75) is 39.2 Å². The molecule has 0 spiro atoms. The van der Waals surface area contributed by atoms with Crippen LogP contribution in [0.2, 0.25) is 0 Å². The summed E-state index contributed by atoms with van der Waals surface area (Å²) in [5.74, 6) is 1.03. The van der Waals surface area contributed by atoms with Crippen LogP contribution in [0.3, 0.4) is 0 Å². The second kappa shape index (κ2) is 8.71. The molecule has 0 saturated carbocycles. The van der Waals surface area contributed by atoms with E-state index in [-0.39, 0.29) is 11.8 Å². The first-order chi connectivity index (χ1) is 10.2. The van der Waals surface area contributed by atoms with Gasteiger partial charge in [-0.2, -0.15) is 0 Å². The maximum absolute atomic E-state index is 12.3. The average Bonchev–Trinajstić information content (AvgIpc) is 2.52. The monoisotopic (exact) mass is 297 g/mol. The van der Waals surface area contributed by atoms with E-state index in [4.69, 9.17) is 4.74 Å². The van der Waals surface area contributed by atoms with E-state index < -0.39 is 0 Å². The van der Waals surface area contributed by atoms with Crippen LogP contribution in [0.15, 0.2) is 0 Å². The van der Waals surface area contributed by atoms with Crippen molar-refractivity contribution in [1.29, 1.82) is 0 Å². The molecule has 2 aliphatic rings. The largest absolute Gasteiger partial charge is 0.379 e. The van der Waals surface area contributed by atoms with Crippen LogP contribution < -0.4 is 10.6 Å². The summed E-state index contributed by atoms with van der Waals surface area (Å²) in [7, 11) is 0. The lowest BCUT2D eigenvalue weighted by molar-refractivity contribution is -0.125. The Morgan fingerprint density at radius 2 is 2.14 bits per heavy atom. The summed E-state index contributed by atoms with van der Waals surface area (Å²) in [5.41, 5.74) is 0. The number of rotatable bonds is 6. The Morgan fingerprint density at radius 1 is 1.38 bits per heavy atom. The van der Waals surface area contributed by atoms with Crippen molar-refractivity contribution >= 4 is 5.91 Å². The van der Waals surface area contributed by atoms with Crippen LogP contribution in [0.1, 0.15) is 33.1 Å². The molecular weight excluding hydrogens is 266 g/mol. The van der Waals surface area contributed by atoms with Gasteiger partial charge >= 0.3 is 0 Å². The topological polar surface area (TPSA) is 53.6 Å². The molecule has 0 radical (unpaired) electrons. The van der Waals surface area contributed by atoms with E-state index in [0.29, 0.717) is 12.0 Å². The fraction of sp³-hybridized carbons (Fsp3) is 0.938. The highest BCUT2D eigenvalue weighted by atomic mass is 16.5. The molecule has 0 bridgehead atoms. The molecule has 2 aliphatic heterocycles. The van der Waals surface area contributed by atoms with Gasteiger partial charge in [0, 0.05) is 32.2 Å². The molecule has 1 amide bonds. The van der Waals surface area contributed by atoms with Crippen molar-refractivity contribution in [2.75, 3.05) is 45.9 Å². The minimum Gasteiger partial charge on any atom is -0.379 e. The summed E-state index contributed by atoms with van der Waals surface area (Å²) in [4.78, 5) is 14.8. The molecule has 2 heterocycles. The molecule has 2 N–H and O–H groups in total. The van der Waals surface area contributed by atoms with Crippen molar-refractivity contribution in [2.24, 2.45) is 11.8 Å². The van der Waals surface area contributed by atoms with Gasteiger partial charge in [0.15, 0.2) is 0 Å². The van der Waals surface area contributed by atoms with E-state index in [1.54, 1.807) is 0 Å². The SMILES string of the molecule is CC(C)CC(CNC(=O)[C@@H]1CCCNC1)N1CCOCC1. The fourth-order valence-electron chi connectivity index (χ4n) is 3.29. The molecule has 0 aliphatic carbocycles. The van der Waals surface area contributed by atoms with E-state index in [9.17, 15) is 4.79 Å². The van der Waals surface area contributed by atoms with Crippen LogP contribution in [0, 0.1) is 11.8 Å². The van der Waals surface area contributed by atoms with E-state index in [2.05, 4.69) is 29.4 Å². The third-order valence-corrected chi connectivity index (χ3v) is 4.49. The second-order valence-electron chi connectivity index (χ2n) is 6.72. The van der Waals surface area contributed by atoms with Gasteiger partial charge in [0.05, 0.1) is 19.1 Å². The number of nitrogens with one attached hydrogen (secondary N) is 2. The fourth-order valence-corrected chi connectivity index (χ4v) is 3.29. The molecule has 1 unspecified atom stereocenters. The minimum atomic E-state index is 0.156. The number of morpholine rings is 1. The van der Waals surface area contributed by atoms with Crippen molar-refractivity contribution in [3.63, 3.8) is 0 Å². The van der Waals surface area contributed by atoms with Gasteiger partial charge in [-0.1, -0.05) is 13.8 Å². The summed E-state index contributed by atoms with van der Waals surface area (Å²) in [5, 5.41) is 6.50. The Morgan fingerprint density at radius 3 is 2.76 bits per heavy atom. The Balaban J connectivity index is 1.81. The minimum absolute atomic E-state index is 0.156. The lowest BCUT2D eigenvalue weighted by Gasteiger charge is -2.36. The zero-order valence-corrected chi connectivity index (χ0v) is 13.6. The summed E-state index contributed by atoms with van der Waals surface area (Å²) < 4.78 is 5.44. The van der Waals surface area contributed by atoms with Crippen molar-refractivity contribution in [3.05, 3.63) is 0 Å². The van der Waals surface area contributed by atoms with Gasteiger partial charge in [0.25, 0.3) is 0 Å². The van der Waals surface area contributed by atoms with E-state index >= 15 is 0 Å². The van der Waals surface area contributed by atoms with Crippen LogP contribution in [0.5, 0.6) is 0 Å². The number of amides is 1. The standard InChI is InChI=1S/C16H31N3O2/c1-13(2)10-15(19-6-8-21-9-7-19)12-18-16(20)14-4-3-5-17-11-14/h13-15,17H,3-12H2,1-2H3,(H,18,20)/t14-,15?/m1/s1. The van der Waals surface area contributed by atoms with Crippen molar-refractivity contribution < 1.29 is 9.53 Å². The molecule has 5 heteroatoms. The van der Waals surface area contributed by atoms with Crippen LogP contribution in [-0.2, 0) is 9.53 Å². The molecule has 2 atom stereocenters. The van der Waals surface area contributed by atoms with Crippen molar-refractivity contribution in [3.8, 4) is 0 Å². The van der Waals surface area contributed by atoms with E-state index in [1.165, 1.54) is 0 Å². The predicted molar refractivity (Wildman–Crippen MR) is 84.2 cm³/mol. The van der Waals surface area contributed by atoms with Crippen LogP contribution >= 0.6 is 0 Å². The molecule has 0 aromatic rings. The second-order valence-corrected chi connectivity index (χ2v) is 6.72. The number of nitrogens with zero attached hydrogens (tertiary/aromatic N) is 1.